The Kier molecular flexibility index (Phi) is 4.93. The molecule has 2 aliphatic rings. The van der Waals surface area contributed by atoms with Crippen molar-refractivity contribution in [1.82, 2.24) is 9.80 Å². The molecule has 0 unspecified atom stereocenters. The summed E-state index contributed by atoms with van der Waals surface area (Å²) in [6.45, 7) is 3.90. The number of rotatable bonds is 5. The maximum atomic E-state index is 12.8. The lowest BCUT2D eigenvalue weighted by atomic mass is 9.82. The van der Waals surface area contributed by atoms with Gasteiger partial charge in [-0.15, -0.1) is 0 Å². The van der Waals surface area contributed by atoms with E-state index in [0.29, 0.717) is 12.5 Å². The standard InChI is InChI=1S/C22H26N2O2/c1-26-20-9-5-8-18(12-20)13-22(25)23-11-10-19-15-24(21(19)16-23)14-17-6-3-2-4-7-17/h2-9,12,19,21H,10-11,13-16H2,1H3/t19-,21-/m1/s1. The van der Waals surface area contributed by atoms with Crippen LogP contribution in [0.2, 0.25) is 0 Å². The third kappa shape index (κ3) is 3.61. The van der Waals surface area contributed by atoms with Gasteiger partial charge in [-0.3, -0.25) is 9.69 Å². The molecule has 0 saturated carbocycles. The van der Waals surface area contributed by atoms with Crippen LogP contribution in [0.4, 0.5) is 0 Å². The highest BCUT2D eigenvalue weighted by molar-refractivity contribution is 5.79. The Bertz CT molecular complexity index is 762. The molecule has 2 aromatic carbocycles. The first kappa shape index (κ1) is 17.1. The van der Waals surface area contributed by atoms with Crippen LogP contribution in [0.25, 0.3) is 0 Å². The smallest absolute Gasteiger partial charge is 0.227 e. The van der Waals surface area contributed by atoms with Gasteiger partial charge in [0.05, 0.1) is 13.5 Å². The van der Waals surface area contributed by atoms with Gasteiger partial charge in [-0.25, -0.2) is 0 Å². The maximum Gasteiger partial charge on any atom is 0.227 e. The summed E-state index contributed by atoms with van der Waals surface area (Å²) in [6.07, 6.45) is 1.58. The summed E-state index contributed by atoms with van der Waals surface area (Å²) in [6, 6.07) is 18.9. The summed E-state index contributed by atoms with van der Waals surface area (Å²) in [5, 5.41) is 0. The van der Waals surface area contributed by atoms with E-state index in [9.17, 15) is 4.79 Å². The fraction of sp³-hybridized carbons (Fsp3) is 0.409. The molecule has 0 spiro atoms. The van der Waals surface area contributed by atoms with Crippen LogP contribution in [0.3, 0.4) is 0 Å². The highest BCUT2D eigenvalue weighted by Gasteiger charge is 2.43. The molecule has 0 N–H and O–H groups in total. The predicted molar refractivity (Wildman–Crippen MR) is 102 cm³/mol. The van der Waals surface area contributed by atoms with Crippen molar-refractivity contribution < 1.29 is 9.53 Å². The molecule has 4 nitrogen and oxygen atoms in total. The van der Waals surface area contributed by atoms with E-state index < -0.39 is 0 Å². The summed E-state index contributed by atoms with van der Waals surface area (Å²) in [4.78, 5) is 17.3. The van der Waals surface area contributed by atoms with E-state index in [1.54, 1.807) is 7.11 Å². The van der Waals surface area contributed by atoms with Gasteiger partial charge in [0.15, 0.2) is 0 Å². The van der Waals surface area contributed by atoms with Crippen LogP contribution in [0.15, 0.2) is 54.6 Å². The molecule has 4 rings (SSSR count). The zero-order chi connectivity index (χ0) is 17.9. The summed E-state index contributed by atoms with van der Waals surface area (Å²) < 4.78 is 5.26. The Morgan fingerprint density at radius 3 is 2.69 bits per heavy atom. The van der Waals surface area contributed by atoms with Crippen LogP contribution in [0.1, 0.15) is 17.5 Å². The van der Waals surface area contributed by atoms with Crippen molar-refractivity contribution in [3.05, 3.63) is 65.7 Å². The van der Waals surface area contributed by atoms with Crippen molar-refractivity contribution in [2.24, 2.45) is 5.92 Å². The molecule has 2 saturated heterocycles. The molecule has 2 heterocycles. The zero-order valence-electron chi connectivity index (χ0n) is 15.3. The average Bonchev–Trinajstić information content (AvgIpc) is 2.67. The summed E-state index contributed by atoms with van der Waals surface area (Å²) in [5.74, 6) is 1.78. The Hall–Kier alpha value is -2.33. The van der Waals surface area contributed by atoms with Crippen molar-refractivity contribution in [2.45, 2.75) is 25.4 Å². The number of ether oxygens (including phenoxy) is 1. The van der Waals surface area contributed by atoms with Crippen LogP contribution in [-0.4, -0.2) is 48.5 Å². The number of carbonyl (C=O) groups excluding carboxylic acids is 1. The van der Waals surface area contributed by atoms with Crippen LogP contribution < -0.4 is 4.74 Å². The lowest BCUT2D eigenvalue weighted by Crippen LogP contribution is -2.64. The Morgan fingerprint density at radius 1 is 1.08 bits per heavy atom. The van der Waals surface area contributed by atoms with Gasteiger partial charge in [0.25, 0.3) is 0 Å². The van der Waals surface area contributed by atoms with Gasteiger partial charge in [0, 0.05) is 32.2 Å². The number of amides is 1. The van der Waals surface area contributed by atoms with E-state index in [1.807, 2.05) is 24.3 Å². The van der Waals surface area contributed by atoms with E-state index in [1.165, 1.54) is 5.56 Å². The second-order valence-electron chi connectivity index (χ2n) is 7.40. The van der Waals surface area contributed by atoms with Crippen molar-refractivity contribution in [3.8, 4) is 5.75 Å². The molecular weight excluding hydrogens is 324 g/mol. The minimum absolute atomic E-state index is 0.225. The molecule has 2 aliphatic heterocycles. The SMILES string of the molecule is COc1cccc(CC(=O)N2CC[C@@H]3CN(Cc4ccccc4)[C@@H]3C2)c1. The van der Waals surface area contributed by atoms with Crippen LogP contribution in [0.5, 0.6) is 5.75 Å². The van der Waals surface area contributed by atoms with Gasteiger partial charge in [0.2, 0.25) is 5.91 Å². The molecule has 0 aromatic heterocycles. The van der Waals surface area contributed by atoms with E-state index >= 15 is 0 Å². The average molecular weight is 350 g/mol. The van der Waals surface area contributed by atoms with E-state index in [0.717, 1.165) is 49.8 Å². The number of piperidine rings is 1. The lowest BCUT2D eigenvalue weighted by molar-refractivity contribution is -0.137. The topological polar surface area (TPSA) is 32.8 Å². The third-order valence-corrected chi connectivity index (χ3v) is 5.73. The Labute approximate surface area is 155 Å². The quantitative estimate of drug-likeness (QED) is 0.831. The number of carbonyl (C=O) groups is 1. The van der Waals surface area contributed by atoms with Gasteiger partial charge in [-0.05, 0) is 35.6 Å². The number of hydrogen-bond acceptors (Lipinski definition) is 3. The molecule has 2 fully saturated rings. The van der Waals surface area contributed by atoms with Gasteiger partial charge < -0.3 is 9.64 Å². The summed E-state index contributed by atoms with van der Waals surface area (Å²) in [5.41, 5.74) is 2.37. The normalized spacial score (nSPS) is 22.4. The molecular formula is C22H26N2O2. The van der Waals surface area contributed by atoms with Gasteiger partial charge >= 0.3 is 0 Å². The molecule has 1 amide bonds. The third-order valence-electron chi connectivity index (χ3n) is 5.73. The van der Waals surface area contributed by atoms with Crippen LogP contribution in [0, 0.1) is 5.92 Å². The second-order valence-corrected chi connectivity index (χ2v) is 7.40. The second kappa shape index (κ2) is 7.50. The molecule has 0 radical (unpaired) electrons. The maximum absolute atomic E-state index is 12.8. The Balaban J connectivity index is 1.35. The molecule has 2 aromatic rings. The summed E-state index contributed by atoms with van der Waals surface area (Å²) in [7, 11) is 1.66. The predicted octanol–water partition coefficient (Wildman–Crippen LogP) is 2.97. The van der Waals surface area contributed by atoms with Crippen molar-refractivity contribution in [2.75, 3.05) is 26.7 Å². The fourth-order valence-electron chi connectivity index (χ4n) is 4.20. The highest BCUT2D eigenvalue weighted by Crippen LogP contribution is 2.33. The highest BCUT2D eigenvalue weighted by atomic mass is 16.5. The van der Waals surface area contributed by atoms with Crippen molar-refractivity contribution >= 4 is 5.91 Å². The first-order valence-electron chi connectivity index (χ1n) is 9.41. The number of nitrogens with zero attached hydrogens (tertiary/aromatic N) is 2. The number of benzene rings is 2. The van der Waals surface area contributed by atoms with E-state index in [2.05, 4.69) is 40.1 Å². The Morgan fingerprint density at radius 2 is 1.88 bits per heavy atom. The van der Waals surface area contributed by atoms with Crippen LogP contribution in [-0.2, 0) is 17.8 Å². The molecule has 26 heavy (non-hydrogen) atoms. The van der Waals surface area contributed by atoms with E-state index in [4.69, 9.17) is 4.74 Å². The number of hydrogen-bond donors (Lipinski definition) is 0. The lowest BCUT2D eigenvalue weighted by Gasteiger charge is -2.53. The van der Waals surface area contributed by atoms with Crippen molar-refractivity contribution in [1.29, 1.82) is 0 Å². The number of methoxy groups -OCH3 is 1. The molecule has 2 atom stereocenters. The molecule has 136 valence electrons. The van der Waals surface area contributed by atoms with Gasteiger partial charge in [0.1, 0.15) is 5.75 Å². The van der Waals surface area contributed by atoms with Gasteiger partial charge in [-0.1, -0.05) is 42.5 Å². The van der Waals surface area contributed by atoms with Crippen molar-refractivity contribution in [3.63, 3.8) is 0 Å². The number of likely N-dealkylation sites (tertiary alicyclic amines) is 2. The molecule has 0 bridgehead atoms. The minimum Gasteiger partial charge on any atom is -0.497 e. The number of fused-ring (bicyclic) bond motifs is 1. The molecule has 0 aliphatic carbocycles. The zero-order valence-corrected chi connectivity index (χ0v) is 15.3. The van der Waals surface area contributed by atoms with Crippen LogP contribution >= 0.6 is 0 Å². The monoisotopic (exact) mass is 350 g/mol. The van der Waals surface area contributed by atoms with E-state index in [-0.39, 0.29) is 5.91 Å². The fourth-order valence-corrected chi connectivity index (χ4v) is 4.20. The minimum atomic E-state index is 0.225. The summed E-state index contributed by atoms with van der Waals surface area (Å²) >= 11 is 0. The molecule has 4 heteroatoms. The first-order chi connectivity index (χ1) is 12.7. The van der Waals surface area contributed by atoms with Gasteiger partial charge in [-0.2, -0.15) is 0 Å². The first-order valence-corrected chi connectivity index (χ1v) is 9.41. The largest absolute Gasteiger partial charge is 0.497 e.